The molecule has 4 rings (SSSR count). The van der Waals surface area contributed by atoms with Crippen molar-refractivity contribution in [3.8, 4) is 0 Å². The number of aliphatic carboxylic acids is 1. The van der Waals surface area contributed by atoms with Crippen molar-refractivity contribution in [1.29, 1.82) is 0 Å². The fourth-order valence-corrected chi connectivity index (χ4v) is 3.75. The van der Waals surface area contributed by atoms with Gasteiger partial charge in [-0.05, 0) is 47.0 Å². The molecule has 3 saturated carbocycles. The molecule has 1 heterocycles. The number of carboxylic acids is 1. The number of carbonyl (C=O) groups excluding carboxylic acids is 1. The van der Waals surface area contributed by atoms with E-state index in [9.17, 15) is 9.59 Å². The lowest BCUT2D eigenvalue weighted by atomic mass is 9.32. The summed E-state index contributed by atoms with van der Waals surface area (Å²) in [5.74, 6) is -1.18. The molecule has 0 spiro atoms. The highest BCUT2D eigenvalue weighted by molar-refractivity contribution is 5.86. The van der Waals surface area contributed by atoms with Crippen LogP contribution in [0, 0.1) is 10.8 Å². The summed E-state index contributed by atoms with van der Waals surface area (Å²) in [7, 11) is 0. The summed E-state index contributed by atoms with van der Waals surface area (Å²) in [4.78, 5) is 23.2. The van der Waals surface area contributed by atoms with Crippen molar-refractivity contribution in [3.63, 3.8) is 0 Å². The van der Waals surface area contributed by atoms with Crippen molar-refractivity contribution < 1.29 is 24.2 Å². The molecule has 3 aliphatic carbocycles. The zero-order valence-electron chi connectivity index (χ0n) is 12.8. The van der Waals surface area contributed by atoms with E-state index in [-0.39, 0.29) is 17.1 Å². The lowest BCUT2D eigenvalue weighted by molar-refractivity contribution is -0.295. The van der Waals surface area contributed by atoms with Gasteiger partial charge in [-0.3, -0.25) is 4.79 Å². The van der Waals surface area contributed by atoms with Gasteiger partial charge in [0.1, 0.15) is 11.9 Å². The second-order valence-electron chi connectivity index (χ2n) is 7.71. The lowest BCUT2D eigenvalue weighted by Gasteiger charge is -2.72. The molecule has 6 heteroatoms. The summed E-state index contributed by atoms with van der Waals surface area (Å²) in [5.41, 5.74) is -1.74. The van der Waals surface area contributed by atoms with Crippen molar-refractivity contribution in [1.82, 2.24) is 5.32 Å². The van der Waals surface area contributed by atoms with Crippen LogP contribution in [0.1, 0.15) is 47.0 Å². The summed E-state index contributed by atoms with van der Waals surface area (Å²) < 4.78 is 11.1. The van der Waals surface area contributed by atoms with E-state index in [0.717, 1.165) is 0 Å². The van der Waals surface area contributed by atoms with Crippen molar-refractivity contribution in [2.24, 2.45) is 10.8 Å². The van der Waals surface area contributed by atoms with Crippen LogP contribution in [0.5, 0.6) is 0 Å². The van der Waals surface area contributed by atoms with E-state index in [0.29, 0.717) is 19.3 Å². The second kappa shape index (κ2) is 3.72. The van der Waals surface area contributed by atoms with Gasteiger partial charge in [0.25, 0.3) is 0 Å². The monoisotopic (exact) mass is 295 g/mol. The highest BCUT2D eigenvalue weighted by Crippen LogP contribution is 2.78. The Labute approximate surface area is 123 Å². The van der Waals surface area contributed by atoms with Crippen LogP contribution in [0.15, 0.2) is 12.0 Å². The number of esters is 1. The van der Waals surface area contributed by atoms with Gasteiger partial charge in [-0.15, -0.1) is 0 Å². The second-order valence-corrected chi connectivity index (χ2v) is 7.71. The predicted octanol–water partition coefficient (Wildman–Crippen LogP) is 1.76. The molecule has 116 valence electrons. The number of hydrogen-bond donors (Lipinski definition) is 2. The van der Waals surface area contributed by atoms with E-state index < -0.39 is 22.7 Å². The molecule has 0 aromatic rings. The van der Waals surface area contributed by atoms with Gasteiger partial charge in [0.15, 0.2) is 11.4 Å². The Morgan fingerprint density at radius 2 is 1.90 bits per heavy atom. The number of ether oxygens (including phenoxy) is 2. The van der Waals surface area contributed by atoms with Crippen molar-refractivity contribution in [2.45, 2.75) is 58.3 Å². The maximum Gasteiger partial charge on any atom is 0.355 e. The van der Waals surface area contributed by atoms with Gasteiger partial charge < -0.3 is 19.9 Å². The molecule has 1 unspecified atom stereocenters. The summed E-state index contributed by atoms with van der Waals surface area (Å²) in [6, 6.07) is 0. The minimum Gasteiger partial charge on any atom is -0.476 e. The van der Waals surface area contributed by atoms with Crippen LogP contribution in [-0.2, 0) is 19.1 Å². The van der Waals surface area contributed by atoms with Gasteiger partial charge >= 0.3 is 11.9 Å². The minimum atomic E-state index is -1.04. The van der Waals surface area contributed by atoms with Gasteiger partial charge in [0, 0.05) is 5.41 Å². The normalized spacial score (nSPS) is 40.1. The Morgan fingerprint density at radius 3 is 2.33 bits per heavy atom. The molecule has 2 N–H and O–H groups in total. The van der Waals surface area contributed by atoms with E-state index >= 15 is 0 Å². The topological polar surface area (TPSA) is 84.9 Å². The third-order valence-electron chi connectivity index (χ3n) is 4.89. The van der Waals surface area contributed by atoms with Gasteiger partial charge in [-0.25, -0.2) is 4.79 Å². The Bertz CT molecular complexity index is 539. The summed E-state index contributed by atoms with van der Waals surface area (Å²) in [6.07, 6.45) is 3.29. The van der Waals surface area contributed by atoms with E-state index in [1.165, 1.54) is 6.26 Å². The molecular formula is C15H21NO5. The van der Waals surface area contributed by atoms with Crippen molar-refractivity contribution >= 4 is 11.9 Å². The molecule has 0 amide bonds. The number of rotatable bonds is 3. The third-order valence-corrected chi connectivity index (χ3v) is 4.89. The SMILES string of the molecule is CC(C)(C)OC(=O)C12CC(C3(C)NC(C(=O)O)=CO3)(C1)C2. The summed E-state index contributed by atoms with van der Waals surface area (Å²) in [5, 5.41) is 11.9. The molecular weight excluding hydrogens is 274 g/mol. The molecule has 0 radical (unpaired) electrons. The molecule has 6 nitrogen and oxygen atoms in total. The molecule has 3 fully saturated rings. The van der Waals surface area contributed by atoms with Crippen LogP contribution in [-0.4, -0.2) is 28.4 Å². The Hall–Kier alpha value is -1.72. The highest BCUT2D eigenvalue weighted by atomic mass is 16.6. The van der Waals surface area contributed by atoms with Crippen LogP contribution in [0.2, 0.25) is 0 Å². The number of carbonyl (C=O) groups is 2. The molecule has 0 aromatic heterocycles. The highest BCUT2D eigenvalue weighted by Gasteiger charge is 2.79. The average molecular weight is 295 g/mol. The fraction of sp³-hybridized carbons (Fsp3) is 0.733. The third kappa shape index (κ3) is 1.84. The van der Waals surface area contributed by atoms with Gasteiger partial charge in [-0.2, -0.15) is 0 Å². The first-order valence-electron chi connectivity index (χ1n) is 7.14. The van der Waals surface area contributed by atoms with E-state index in [2.05, 4.69) is 5.32 Å². The van der Waals surface area contributed by atoms with Crippen LogP contribution in [0.3, 0.4) is 0 Å². The number of hydrogen-bond acceptors (Lipinski definition) is 5. The summed E-state index contributed by atoms with van der Waals surface area (Å²) >= 11 is 0. The maximum atomic E-state index is 12.2. The van der Waals surface area contributed by atoms with E-state index in [1.54, 1.807) is 0 Å². The maximum absolute atomic E-state index is 12.2. The molecule has 2 bridgehead atoms. The molecule has 4 aliphatic rings. The number of carboxylic acid groups (broad SMARTS) is 1. The smallest absolute Gasteiger partial charge is 0.355 e. The van der Waals surface area contributed by atoms with Crippen LogP contribution >= 0.6 is 0 Å². The van der Waals surface area contributed by atoms with Crippen LogP contribution in [0.25, 0.3) is 0 Å². The molecule has 21 heavy (non-hydrogen) atoms. The summed E-state index contributed by atoms with van der Waals surface area (Å²) in [6.45, 7) is 7.42. The van der Waals surface area contributed by atoms with Crippen LogP contribution in [0.4, 0.5) is 0 Å². The Morgan fingerprint density at radius 1 is 1.33 bits per heavy atom. The quantitative estimate of drug-likeness (QED) is 0.772. The largest absolute Gasteiger partial charge is 0.476 e. The fourth-order valence-electron chi connectivity index (χ4n) is 3.75. The Kier molecular flexibility index (Phi) is 2.52. The molecule has 1 atom stereocenters. The first-order valence-corrected chi connectivity index (χ1v) is 7.14. The zero-order chi connectivity index (χ0) is 15.7. The zero-order valence-corrected chi connectivity index (χ0v) is 12.8. The predicted molar refractivity (Wildman–Crippen MR) is 72.9 cm³/mol. The first kappa shape index (κ1) is 14.2. The van der Waals surface area contributed by atoms with Crippen molar-refractivity contribution in [2.75, 3.05) is 0 Å². The molecule has 1 aliphatic heterocycles. The van der Waals surface area contributed by atoms with Gasteiger partial charge in [-0.1, -0.05) is 0 Å². The first-order chi connectivity index (χ1) is 9.51. The van der Waals surface area contributed by atoms with E-state index in [1.807, 2.05) is 27.7 Å². The molecule has 0 aromatic carbocycles. The van der Waals surface area contributed by atoms with Gasteiger partial charge in [0.05, 0.1) is 5.41 Å². The average Bonchev–Trinajstić information content (AvgIpc) is 2.54. The standard InChI is InChI=1S/C15H21NO5/c1-12(2,3)21-11(19)14-6-15(7-14,8-14)13(4)16-9(5-20-13)10(17)18/h5,16H,6-8H2,1-4H3,(H,17,18). The Balaban J connectivity index is 1.64. The van der Waals surface area contributed by atoms with Crippen LogP contribution < -0.4 is 5.32 Å². The minimum absolute atomic E-state index is 0.0635. The lowest BCUT2D eigenvalue weighted by Crippen LogP contribution is -2.76. The molecule has 0 saturated heterocycles. The number of nitrogens with one attached hydrogen (secondary N) is 1. The van der Waals surface area contributed by atoms with E-state index in [4.69, 9.17) is 14.6 Å². The van der Waals surface area contributed by atoms with Crippen molar-refractivity contribution in [3.05, 3.63) is 12.0 Å². The van der Waals surface area contributed by atoms with Gasteiger partial charge in [0.2, 0.25) is 0 Å².